The standard InChI is InChI=1S/C21H24N2O2S/c1-14-17(21(25)23-12-6-3-7-13-23)20(22-19(24)16-10-11-16)26-18(14)15-8-4-2-5-9-15/h2,4-5,8-9,16H,3,6-7,10-13H2,1H3,(H,22,24). The minimum atomic E-state index is 0.0542. The smallest absolute Gasteiger partial charge is 0.257 e. The van der Waals surface area contributed by atoms with Crippen LogP contribution in [0.5, 0.6) is 0 Å². The van der Waals surface area contributed by atoms with Crippen LogP contribution in [0.15, 0.2) is 30.3 Å². The zero-order valence-corrected chi connectivity index (χ0v) is 15.9. The Morgan fingerprint density at radius 3 is 2.42 bits per heavy atom. The van der Waals surface area contributed by atoms with Gasteiger partial charge in [0, 0.05) is 23.9 Å². The highest BCUT2D eigenvalue weighted by molar-refractivity contribution is 7.20. The summed E-state index contributed by atoms with van der Waals surface area (Å²) in [4.78, 5) is 28.6. The Kier molecular flexibility index (Phi) is 4.81. The third kappa shape index (κ3) is 3.40. The third-order valence-corrected chi connectivity index (χ3v) is 6.48. The van der Waals surface area contributed by atoms with Gasteiger partial charge >= 0.3 is 0 Å². The molecule has 0 atom stereocenters. The summed E-state index contributed by atoms with van der Waals surface area (Å²) in [7, 11) is 0. The SMILES string of the molecule is Cc1c(-c2ccccc2)sc(NC(=O)C2CC2)c1C(=O)N1CCCCC1. The van der Waals surface area contributed by atoms with Crippen molar-refractivity contribution < 1.29 is 9.59 Å². The number of anilines is 1. The molecule has 2 heterocycles. The number of amides is 2. The van der Waals surface area contributed by atoms with E-state index in [9.17, 15) is 9.59 Å². The molecule has 0 radical (unpaired) electrons. The van der Waals surface area contributed by atoms with Crippen molar-refractivity contribution in [1.82, 2.24) is 4.90 Å². The molecule has 1 N–H and O–H groups in total. The van der Waals surface area contributed by atoms with Gasteiger partial charge in [0.15, 0.2) is 0 Å². The van der Waals surface area contributed by atoms with Crippen molar-refractivity contribution in [2.45, 2.75) is 39.0 Å². The Hall–Kier alpha value is -2.14. The van der Waals surface area contributed by atoms with E-state index in [0.29, 0.717) is 10.6 Å². The van der Waals surface area contributed by atoms with Gasteiger partial charge in [-0.1, -0.05) is 30.3 Å². The zero-order chi connectivity index (χ0) is 18.1. The zero-order valence-electron chi connectivity index (χ0n) is 15.1. The molecule has 4 nitrogen and oxygen atoms in total. The number of rotatable bonds is 4. The van der Waals surface area contributed by atoms with Gasteiger partial charge in [0.25, 0.3) is 5.91 Å². The normalized spacial score (nSPS) is 17.2. The van der Waals surface area contributed by atoms with Crippen molar-refractivity contribution >= 4 is 28.2 Å². The van der Waals surface area contributed by atoms with Crippen LogP contribution < -0.4 is 5.32 Å². The molecule has 2 aliphatic rings. The fourth-order valence-corrected chi connectivity index (χ4v) is 4.75. The average Bonchev–Trinajstić information content (AvgIpc) is 3.48. The molecule has 1 saturated carbocycles. The topological polar surface area (TPSA) is 49.4 Å². The number of hydrogen-bond acceptors (Lipinski definition) is 3. The van der Waals surface area contributed by atoms with Gasteiger partial charge in [0.05, 0.1) is 5.56 Å². The quantitative estimate of drug-likeness (QED) is 0.850. The van der Waals surface area contributed by atoms with E-state index in [1.54, 1.807) is 0 Å². The maximum atomic E-state index is 13.2. The van der Waals surface area contributed by atoms with Crippen LogP contribution in [-0.4, -0.2) is 29.8 Å². The largest absolute Gasteiger partial charge is 0.339 e. The first-order valence-electron chi connectivity index (χ1n) is 9.44. The summed E-state index contributed by atoms with van der Waals surface area (Å²) in [5.74, 6) is 0.237. The van der Waals surface area contributed by atoms with Gasteiger partial charge in [-0.15, -0.1) is 11.3 Å². The molecule has 0 unspecified atom stereocenters. The van der Waals surface area contributed by atoms with Gasteiger partial charge < -0.3 is 10.2 Å². The van der Waals surface area contributed by atoms with Crippen LogP contribution in [0.2, 0.25) is 0 Å². The summed E-state index contributed by atoms with van der Waals surface area (Å²) in [5.41, 5.74) is 2.75. The van der Waals surface area contributed by atoms with Crippen molar-refractivity contribution in [3.63, 3.8) is 0 Å². The number of carbonyl (C=O) groups excluding carboxylic acids is 2. The van der Waals surface area contributed by atoms with Crippen LogP contribution in [-0.2, 0) is 4.79 Å². The van der Waals surface area contributed by atoms with E-state index in [2.05, 4.69) is 17.4 Å². The Labute approximate surface area is 158 Å². The number of nitrogens with zero attached hydrogens (tertiary/aromatic N) is 1. The van der Waals surface area contributed by atoms with E-state index in [-0.39, 0.29) is 17.7 Å². The van der Waals surface area contributed by atoms with Gasteiger partial charge in [0.2, 0.25) is 5.91 Å². The molecule has 26 heavy (non-hydrogen) atoms. The van der Waals surface area contributed by atoms with Crippen molar-refractivity contribution in [2.75, 3.05) is 18.4 Å². The second-order valence-corrected chi connectivity index (χ2v) is 8.26. The second kappa shape index (κ2) is 7.23. The first-order chi connectivity index (χ1) is 12.6. The van der Waals surface area contributed by atoms with E-state index in [4.69, 9.17) is 0 Å². The van der Waals surface area contributed by atoms with Gasteiger partial charge in [-0.2, -0.15) is 0 Å². The van der Waals surface area contributed by atoms with Crippen molar-refractivity contribution in [3.05, 3.63) is 41.5 Å². The number of hydrogen-bond donors (Lipinski definition) is 1. The highest BCUT2D eigenvalue weighted by atomic mass is 32.1. The van der Waals surface area contributed by atoms with E-state index < -0.39 is 0 Å². The summed E-state index contributed by atoms with van der Waals surface area (Å²) >= 11 is 1.53. The maximum absolute atomic E-state index is 13.2. The molecule has 1 aromatic carbocycles. The highest BCUT2D eigenvalue weighted by Crippen LogP contribution is 2.41. The molecule has 5 heteroatoms. The van der Waals surface area contributed by atoms with E-state index in [1.807, 2.05) is 30.0 Å². The number of benzene rings is 1. The lowest BCUT2D eigenvalue weighted by molar-refractivity contribution is -0.117. The van der Waals surface area contributed by atoms with Crippen LogP contribution >= 0.6 is 11.3 Å². The van der Waals surface area contributed by atoms with Gasteiger partial charge in [-0.05, 0) is 50.2 Å². The Balaban J connectivity index is 1.72. The third-order valence-electron chi connectivity index (χ3n) is 5.22. The number of carbonyl (C=O) groups is 2. The van der Waals surface area contributed by atoms with Gasteiger partial charge in [0.1, 0.15) is 5.00 Å². The average molecular weight is 369 g/mol. The van der Waals surface area contributed by atoms with Crippen molar-refractivity contribution in [1.29, 1.82) is 0 Å². The molecule has 1 aromatic heterocycles. The Morgan fingerprint density at radius 2 is 1.77 bits per heavy atom. The predicted molar refractivity (Wildman–Crippen MR) is 106 cm³/mol. The summed E-state index contributed by atoms with van der Waals surface area (Å²) in [6, 6.07) is 10.1. The van der Waals surface area contributed by atoms with Crippen LogP contribution in [0, 0.1) is 12.8 Å². The van der Waals surface area contributed by atoms with Crippen molar-refractivity contribution in [2.24, 2.45) is 5.92 Å². The monoisotopic (exact) mass is 368 g/mol. The van der Waals surface area contributed by atoms with E-state index in [1.165, 1.54) is 17.8 Å². The molecular formula is C21H24N2O2S. The van der Waals surface area contributed by atoms with Crippen LogP contribution in [0.1, 0.15) is 48.0 Å². The fourth-order valence-electron chi connectivity index (χ4n) is 3.54. The second-order valence-electron chi connectivity index (χ2n) is 7.24. The lowest BCUT2D eigenvalue weighted by atomic mass is 10.0. The molecule has 2 fully saturated rings. The number of nitrogens with one attached hydrogen (secondary N) is 1. The van der Waals surface area contributed by atoms with Crippen LogP contribution in [0.3, 0.4) is 0 Å². The Bertz CT molecular complexity index is 818. The molecule has 2 aromatic rings. The molecule has 4 rings (SSSR count). The first kappa shape index (κ1) is 17.3. The Morgan fingerprint density at radius 1 is 1.08 bits per heavy atom. The molecule has 136 valence electrons. The van der Waals surface area contributed by atoms with Crippen LogP contribution in [0.4, 0.5) is 5.00 Å². The van der Waals surface area contributed by atoms with Crippen molar-refractivity contribution in [3.8, 4) is 10.4 Å². The van der Waals surface area contributed by atoms with Crippen LogP contribution in [0.25, 0.3) is 10.4 Å². The number of piperidine rings is 1. The van der Waals surface area contributed by atoms with Gasteiger partial charge in [-0.25, -0.2) is 0 Å². The lowest BCUT2D eigenvalue weighted by Gasteiger charge is -2.27. The minimum absolute atomic E-state index is 0.0542. The number of thiophene rings is 1. The summed E-state index contributed by atoms with van der Waals surface area (Å²) in [6.07, 6.45) is 5.22. The van der Waals surface area contributed by atoms with Gasteiger partial charge in [-0.3, -0.25) is 9.59 Å². The molecule has 0 spiro atoms. The summed E-state index contributed by atoms with van der Waals surface area (Å²) < 4.78 is 0. The number of likely N-dealkylation sites (tertiary alicyclic amines) is 1. The lowest BCUT2D eigenvalue weighted by Crippen LogP contribution is -2.36. The van der Waals surface area contributed by atoms with E-state index >= 15 is 0 Å². The molecule has 1 saturated heterocycles. The predicted octanol–water partition coefficient (Wildman–Crippen LogP) is 4.70. The molecule has 1 aliphatic carbocycles. The summed E-state index contributed by atoms with van der Waals surface area (Å²) in [6.45, 7) is 3.62. The molecule has 2 amide bonds. The molecular weight excluding hydrogens is 344 g/mol. The minimum Gasteiger partial charge on any atom is -0.339 e. The molecule has 0 bridgehead atoms. The fraction of sp³-hybridized carbons (Fsp3) is 0.429. The maximum Gasteiger partial charge on any atom is 0.257 e. The van der Waals surface area contributed by atoms with E-state index in [0.717, 1.165) is 54.8 Å². The molecule has 1 aliphatic heterocycles. The highest BCUT2D eigenvalue weighted by Gasteiger charge is 2.33. The first-order valence-corrected chi connectivity index (χ1v) is 10.3. The summed E-state index contributed by atoms with van der Waals surface area (Å²) in [5, 5.41) is 3.77.